The molecule has 0 heterocycles. The van der Waals surface area contributed by atoms with Crippen LogP contribution in [0.25, 0.3) is 0 Å². The summed E-state index contributed by atoms with van der Waals surface area (Å²) in [4.78, 5) is 16.4. The number of nitrogens with zero attached hydrogens (tertiary/aromatic N) is 1. The average molecular weight is 264 g/mol. The van der Waals surface area contributed by atoms with E-state index < -0.39 is 0 Å². The molecule has 1 amide bonds. The van der Waals surface area contributed by atoms with Crippen molar-refractivity contribution in [2.75, 3.05) is 0 Å². The summed E-state index contributed by atoms with van der Waals surface area (Å²) in [5.41, 5.74) is 0. The molecule has 2 aliphatic rings. The van der Waals surface area contributed by atoms with Crippen LogP contribution in [0.15, 0.2) is 4.99 Å². The molecule has 0 saturated heterocycles. The lowest BCUT2D eigenvalue weighted by Crippen LogP contribution is -2.35. The molecule has 0 unspecified atom stereocenters. The molecular formula is C16H28N2O. The van der Waals surface area contributed by atoms with Crippen LogP contribution in [0.2, 0.25) is 0 Å². The first kappa shape index (κ1) is 14.5. The molecule has 3 nitrogen and oxygen atoms in total. The lowest BCUT2D eigenvalue weighted by Gasteiger charge is -2.14. The number of carbonyl (C=O) groups is 1. The van der Waals surface area contributed by atoms with Crippen LogP contribution in [0.1, 0.15) is 77.0 Å². The molecule has 0 bridgehead atoms. The standard InChI is InChI=1S/C16H28N2O/c19-16(18-15-11-7-3-4-8-12-15)13-17-14-9-5-1-2-6-10-14/h13-15H,1-12H2,(H,18,19). The van der Waals surface area contributed by atoms with E-state index in [1.54, 1.807) is 6.21 Å². The van der Waals surface area contributed by atoms with Gasteiger partial charge in [0, 0.05) is 6.04 Å². The van der Waals surface area contributed by atoms with Crippen molar-refractivity contribution in [1.82, 2.24) is 5.32 Å². The van der Waals surface area contributed by atoms with Crippen LogP contribution in [-0.2, 0) is 4.79 Å². The summed E-state index contributed by atoms with van der Waals surface area (Å²) < 4.78 is 0. The normalized spacial score (nSPS) is 24.0. The second-order valence-electron chi connectivity index (χ2n) is 6.12. The highest BCUT2D eigenvalue weighted by Crippen LogP contribution is 2.19. The molecule has 2 aliphatic carbocycles. The van der Waals surface area contributed by atoms with E-state index >= 15 is 0 Å². The fourth-order valence-electron chi connectivity index (χ4n) is 3.24. The smallest absolute Gasteiger partial charge is 0.262 e. The minimum Gasteiger partial charge on any atom is -0.349 e. The van der Waals surface area contributed by atoms with Gasteiger partial charge in [-0.25, -0.2) is 0 Å². The van der Waals surface area contributed by atoms with Gasteiger partial charge in [-0.15, -0.1) is 0 Å². The molecule has 0 aromatic carbocycles. The van der Waals surface area contributed by atoms with Crippen molar-refractivity contribution in [2.45, 2.75) is 89.1 Å². The molecule has 0 aliphatic heterocycles. The zero-order chi connectivity index (χ0) is 13.3. The molecule has 3 heteroatoms. The van der Waals surface area contributed by atoms with Gasteiger partial charge in [-0.2, -0.15) is 0 Å². The fraction of sp³-hybridized carbons (Fsp3) is 0.875. The number of aliphatic imine (C=N–C) groups is 1. The van der Waals surface area contributed by atoms with Gasteiger partial charge in [-0.3, -0.25) is 9.79 Å². The number of hydrogen-bond acceptors (Lipinski definition) is 2. The summed E-state index contributed by atoms with van der Waals surface area (Å²) in [6, 6.07) is 0.776. The van der Waals surface area contributed by atoms with Gasteiger partial charge in [0.05, 0.1) is 12.3 Å². The number of carbonyl (C=O) groups excluding carboxylic acids is 1. The third-order valence-electron chi connectivity index (χ3n) is 4.43. The maximum atomic E-state index is 11.9. The molecule has 1 N–H and O–H groups in total. The lowest BCUT2D eigenvalue weighted by molar-refractivity contribution is -0.115. The van der Waals surface area contributed by atoms with E-state index in [1.165, 1.54) is 51.4 Å². The summed E-state index contributed by atoms with van der Waals surface area (Å²) in [5, 5.41) is 3.13. The number of nitrogens with one attached hydrogen (secondary N) is 1. The second-order valence-corrected chi connectivity index (χ2v) is 6.12. The van der Waals surface area contributed by atoms with Crippen LogP contribution < -0.4 is 5.32 Å². The largest absolute Gasteiger partial charge is 0.349 e. The van der Waals surface area contributed by atoms with E-state index in [0.717, 1.165) is 25.7 Å². The first-order valence-corrected chi connectivity index (χ1v) is 8.18. The summed E-state index contributed by atoms with van der Waals surface area (Å²) in [6.45, 7) is 0. The lowest BCUT2D eigenvalue weighted by atomic mass is 10.1. The van der Waals surface area contributed by atoms with Gasteiger partial charge in [0.1, 0.15) is 0 Å². The topological polar surface area (TPSA) is 41.5 Å². The van der Waals surface area contributed by atoms with Crippen molar-refractivity contribution in [1.29, 1.82) is 0 Å². The van der Waals surface area contributed by atoms with E-state index in [4.69, 9.17) is 0 Å². The third kappa shape index (κ3) is 5.75. The molecule has 2 saturated carbocycles. The zero-order valence-corrected chi connectivity index (χ0v) is 12.1. The minimum absolute atomic E-state index is 0.0242. The molecule has 0 radical (unpaired) electrons. The SMILES string of the molecule is O=C(C=NC1CCCCCC1)NC1CCCCCC1. The predicted molar refractivity (Wildman–Crippen MR) is 79.6 cm³/mol. The molecule has 108 valence electrons. The van der Waals surface area contributed by atoms with Crippen molar-refractivity contribution >= 4 is 12.1 Å². The van der Waals surface area contributed by atoms with E-state index in [-0.39, 0.29) is 5.91 Å². The third-order valence-corrected chi connectivity index (χ3v) is 4.43. The van der Waals surface area contributed by atoms with Crippen LogP contribution in [0.3, 0.4) is 0 Å². The van der Waals surface area contributed by atoms with Crippen LogP contribution in [0.4, 0.5) is 0 Å². The number of rotatable bonds is 3. The van der Waals surface area contributed by atoms with Crippen molar-refractivity contribution in [3.8, 4) is 0 Å². The predicted octanol–water partition coefficient (Wildman–Crippen LogP) is 3.62. The molecule has 0 atom stereocenters. The number of hydrogen-bond donors (Lipinski definition) is 1. The molecule has 2 fully saturated rings. The first-order chi connectivity index (χ1) is 9.34. The van der Waals surface area contributed by atoms with Gasteiger partial charge in [-0.05, 0) is 25.7 Å². The molecule has 0 aromatic rings. The summed E-state index contributed by atoms with van der Waals surface area (Å²) >= 11 is 0. The highest BCUT2D eigenvalue weighted by Gasteiger charge is 2.14. The Morgan fingerprint density at radius 1 is 0.842 bits per heavy atom. The molecule has 0 spiro atoms. The van der Waals surface area contributed by atoms with Gasteiger partial charge in [0.2, 0.25) is 0 Å². The van der Waals surface area contributed by atoms with Crippen molar-refractivity contribution < 1.29 is 4.79 Å². The fourth-order valence-corrected chi connectivity index (χ4v) is 3.24. The van der Waals surface area contributed by atoms with E-state index in [9.17, 15) is 4.79 Å². The molecule has 2 rings (SSSR count). The Kier molecular flexibility index (Phi) is 6.38. The Labute approximate surface area is 117 Å². The van der Waals surface area contributed by atoms with Gasteiger partial charge in [0.15, 0.2) is 0 Å². The van der Waals surface area contributed by atoms with Gasteiger partial charge in [0.25, 0.3) is 5.91 Å². The highest BCUT2D eigenvalue weighted by molar-refractivity contribution is 6.26. The van der Waals surface area contributed by atoms with Crippen molar-refractivity contribution in [2.24, 2.45) is 4.99 Å². The zero-order valence-electron chi connectivity index (χ0n) is 12.1. The van der Waals surface area contributed by atoms with Crippen LogP contribution in [0, 0.1) is 0 Å². The van der Waals surface area contributed by atoms with Crippen LogP contribution in [0.5, 0.6) is 0 Å². The quantitative estimate of drug-likeness (QED) is 0.614. The van der Waals surface area contributed by atoms with Crippen LogP contribution >= 0.6 is 0 Å². The second kappa shape index (κ2) is 8.34. The van der Waals surface area contributed by atoms with Gasteiger partial charge < -0.3 is 5.32 Å². The Balaban J connectivity index is 1.72. The number of amides is 1. The molecule has 0 aromatic heterocycles. The van der Waals surface area contributed by atoms with E-state index in [2.05, 4.69) is 10.3 Å². The molecular weight excluding hydrogens is 236 g/mol. The summed E-state index contributed by atoms with van der Waals surface area (Å²) in [6.07, 6.45) is 16.5. The van der Waals surface area contributed by atoms with Gasteiger partial charge >= 0.3 is 0 Å². The Morgan fingerprint density at radius 2 is 1.37 bits per heavy atom. The summed E-state index contributed by atoms with van der Waals surface area (Å²) in [5.74, 6) is 0.0242. The molecule has 19 heavy (non-hydrogen) atoms. The maximum Gasteiger partial charge on any atom is 0.262 e. The maximum absolute atomic E-state index is 11.9. The Bertz CT molecular complexity index is 285. The van der Waals surface area contributed by atoms with Crippen molar-refractivity contribution in [3.63, 3.8) is 0 Å². The highest BCUT2D eigenvalue weighted by atomic mass is 16.1. The van der Waals surface area contributed by atoms with Crippen molar-refractivity contribution in [3.05, 3.63) is 0 Å². The van der Waals surface area contributed by atoms with Gasteiger partial charge in [-0.1, -0.05) is 51.4 Å². The monoisotopic (exact) mass is 264 g/mol. The minimum atomic E-state index is 0.0242. The average Bonchev–Trinajstić information content (AvgIpc) is 2.80. The Hall–Kier alpha value is -0.860. The Morgan fingerprint density at radius 3 is 1.95 bits per heavy atom. The van der Waals surface area contributed by atoms with Crippen LogP contribution in [-0.4, -0.2) is 24.2 Å². The first-order valence-electron chi connectivity index (χ1n) is 8.18. The van der Waals surface area contributed by atoms with E-state index in [1.807, 2.05) is 0 Å². The van der Waals surface area contributed by atoms with E-state index in [0.29, 0.717) is 12.1 Å². The summed E-state index contributed by atoms with van der Waals surface area (Å²) in [7, 11) is 0.